The van der Waals surface area contributed by atoms with Gasteiger partial charge in [0.15, 0.2) is 0 Å². The molecular formula is C15H22BrNO. The molecule has 100 valence electrons. The SMILES string of the molecule is CC1CCCC(OC(CN)c2ccccc2Br)C1. The first-order valence-corrected chi connectivity index (χ1v) is 7.60. The molecule has 1 saturated carbocycles. The predicted octanol–water partition coefficient (Wildman–Crippen LogP) is 4.04. The monoisotopic (exact) mass is 311 g/mol. The highest BCUT2D eigenvalue weighted by Gasteiger charge is 2.23. The second-order valence-corrected chi connectivity index (χ2v) is 6.13. The van der Waals surface area contributed by atoms with E-state index in [4.69, 9.17) is 10.5 Å². The van der Waals surface area contributed by atoms with Gasteiger partial charge in [0.25, 0.3) is 0 Å². The molecule has 1 aliphatic carbocycles. The molecule has 2 nitrogen and oxygen atoms in total. The van der Waals surface area contributed by atoms with Gasteiger partial charge in [-0.3, -0.25) is 0 Å². The van der Waals surface area contributed by atoms with E-state index in [1.807, 2.05) is 18.2 Å². The summed E-state index contributed by atoms with van der Waals surface area (Å²) in [4.78, 5) is 0. The van der Waals surface area contributed by atoms with Crippen LogP contribution in [0.2, 0.25) is 0 Å². The molecule has 18 heavy (non-hydrogen) atoms. The van der Waals surface area contributed by atoms with Crippen LogP contribution in [0.5, 0.6) is 0 Å². The average molecular weight is 312 g/mol. The van der Waals surface area contributed by atoms with E-state index in [0.717, 1.165) is 10.4 Å². The van der Waals surface area contributed by atoms with E-state index in [2.05, 4.69) is 28.9 Å². The van der Waals surface area contributed by atoms with Crippen molar-refractivity contribution in [3.63, 3.8) is 0 Å². The van der Waals surface area contributed by atoms with Gasteiger partial charge in [-0.1, -0.05) is 53.9 Å². The number of rotatable bonds is 4. The third kappa shape index (κ3) is 3.56. The van der Waals surface area contributed by atoms with Crippen molar-refractivity contribution in [2.24, 2.45) is 11.7 Å². The first-order chi connectivity index (χ1) is 8.70. The summed E-state index contributed by atoms with van der Waals surface area (Å²) in [6, 6.07) is 8.19. The minimum atomic E-state index is 0.0101. The van der Waals surface area contributed by atoms with Crippen LogP contribution in [0.1, 0.15) is 44.3 Å². The van der Waals surface area contributed by atoms with Gasteiger partial charge in [0.1, 0.15) is 0 Å². The summed E-state index contributed by atoms with van der Waals surface area (Å²) >= 11 is 3.58. The van der Waals surface area contributed by atoms with E-state index in [-0.39, 0.29) is 6.10 Å². The van der Waals surface area contributed by atoms with Crippen LogP contribution in [0.4, 0.5) is 0 Å². The maximum Gasteiger partial charge on any atom is 0.0961 e. The maximum atomic E-state index is 6.22. The minimum Gasteiger partial charge on any atom is -0.369 e. The maximum absolute atomic E-state index is 6.22. The predicted molar refractivity (Wildman–Crippen MR) is 78.4 cm³/mol. The quantitative estimate of drug-likeness (QED) is 0.910. The van der Waals surface area contributed by atoms with Gasteiger partial charge in [-0.25, -0.2) is 0 Å². The van der Waals surface area contributed by atoms with Crippen molar-refractivity contribution in [1.29, 1.82) is 0 Å². The molecule has 0 saturated heterocycles. The lowest BCUT2D eigenvalue weighted by atomic mass is 9.88. The Morgan fingerprint density at radius 2 is 2.17 bits per heavy atom. The molecule has 0 amide bonds. The summed E-state index contributed by atoms with van der Waals surface area (Å²) in [5.74, 6) is 0.779. The van der Waals surface area contributed by atoms with Crippen LogP contribution in [0, 0.1) is 5.92 Å². The summed E-state index contributed by atoms with van der Waals surface area (Å²) in [7, 11) is 0. The number of ether oxygens (including phenoxy) is 1. The second kappa shape index (κ2) is 6.69. The van der Waals surface area contributed by atoms with E-state index < -0.39 is 0 Å². The Hall–Kier alpha value is -0.380. The van der Waals surface area contributed by atoms with Crippen molar-refractivity contribution in [3.8, 4) is 0 Å². The molecule has 0 radical (unpaired) electrons. The Kier molecular flexibility index (Phi) is 5.22. The van der Waals surface area contributed by atoms with Gasteiger partial charge in [-0.15, -0.1) is 0 Å². The minimum absolute atomic E-state index is 0.0101. The Morgan fingerprint density at radius 3 is 2.83 bits per heavy atom. The fourth-order valence-corrected chi connectivity index (χ4v) is 3.27. The summed E-state index contributed by atoms with van der Waals surface area (Å²) in [6.45, 7) is 2.85. The third-order valence-corrected chi connectivity index (χ3v) is 4.43. The Bertz CT molecular complexity index is 383. The molecule has 1 aliphatic rings. The first kappa shape index (κ1) is 14.0. The van der Waals surface area contributed by atoms with Gasteiger partial charge in [0.05, 0.1) is 12.2 Å². The molecule has 0 aliphatic heterocycles. The fourth-order valence-electron chi connectivity index (χ4n) is 2.73. The smallest absolute Gasteiger partial charge is 0.0961 e. The van der Waals surface area contributed by atoms with Crippen LogP contribution < -0.4 is 5.73 Å². The zero-order valence-electron chi connectivity index (χ0n) is 10.9. The van der Waals surface area contributed by atoms with Crippen molar-refractivity contribution in [3.05, 3.63) is 34.3 Å². The van der Waals surface area contributed by atoms with E-state index >= 15 is 0 Å². The molecule has 0 spiro atoms. The normalized spacial score (nSPS) is 25.9. The molecular weight excluding hydrogens is 290 g/mol. The largest absolute Gasteiger partial charge is 0.369 e. The lowest BCUT2D eigenvalue weighted by Gasteiger charge is -2.30. The van der Waals surface area contributed by atoms with Crippen molar-refractivity contribution in [2.45, 2.75) is 44.8 Å². The van der Waals surface area contributed by atoms with Crippen LogP contribution in [-0.4, -0.2) is 12.6 Å². The van der Waals surface area contributed by atoms with Crippen molar-refractivity contribution in [2.75, 3.05) is 6.54 Å². The molecule has 1 aromatic rings. The van der Waals surface area contributed by atoms with Gasteiger partial charge in [0.2, 0.25) is 0 Å². The summed E-state index contributed by atoms with van der Waals surface area (Å²) in [5.41, 5.74) is 7.04. The van der Waals surface area contributed by atoms with Gasteiger partial charge < -0.3 is 10.5 Å². The van der Waals surface area contributed by atoms with Crippen LogP contribution >= 0.6 is 15.9 Å². The highest BCUT2D eigenvalue weighted by molar-refractivity contribution is 9.10. The van der Waals surface area contributed by atoms with E-state index in [9.17, 15) is 0 Å². The van der Waals surface area contributed by atoms with Gasteiger partial charge >= 0.3 is 0 Å². The topological polar surface area (TPSA) is 35.2 Å². The second-order valence-electron chi connectivity index (χ2n) is 5.28. The van der Waals surface area contributed by atoms with Crippen LogP contribution in [0.3, 0.4) is 0 Å². The third-order valence-electron chi connectivity index (χ3n) is 3.71. The molecule has 0 aromatic heterocycles. The molecule has 3 heteroatoms. The number of hydrogen-bond donors (Lipinski definition) is 1. The average Bonchev–Trinajstić information content (AvgIpc) is 2.37. The summed E-state index contributed by atoms with van der Waals surface area (Å²) in [5, 5.41) is 0. The lowest BCUT2D eigenvalue weighted by molar-refractivity contribution is -0.0363. The van der Waals surface area contributed by atoms with Crippen molar-refractivity contribution in [1.82, 2.24) is 0 Å². The number of nitrogens with two attached hydrogens (primary N) is 1. The molecule has 0 heterocycles. The number of benzene rings is 1. The number of halogens is 1. The van der Waals surface area contributed by atoms with Gasteiger partial charge in [-0.05, 0) is 30.4 Å². The van der Waals surface area contributed by atoms with E-state index in [1.165, 1.54) is 31.2 Å². The zero-order chi connectivity index (χ0) is 13.0. The fraction of sp³-hybridized carbons (Fsp3) is 0.600. The van der Waals surface area contributed by atoms with Crippen LogP contribution in [0.15, 0.2) is 28.7 Å². The molecule has 3 atom stereocenters. The van der Waals surface area contributed by atoms with Crippen LogP contribution in [0.25, 0.3) is 0 Å². The molecule has 1 fully saturated rings. The summed E-state index contributed by atoms with van der Waals surface area (Å²) in [6.07, 6.45) is 5.33. The van der Waals surface area contributed by atoms with Crippen molar-refractivity contribution >= 4 is 15.9 Å². The molecule has 2 rings (SSSR count). The highest BCUT2D eigenvalue weighted by Crippen LogP contribution is 2.32. The van der Waals surface area contributed by atoms with Gasteiger partial charge in [-0.2, -0.15) is 0 Å². The van der Waals surface area contributed by atoms with Crippen LogP contribution in [-0.2, 0) is 4.74 Å². The first-order valence-electron chi connectivity index (χ1n) is 6.80. The molecule has 1 aromatic carbocycles. The summed E-state index contributed by atoms with van der Waals surface area (Å²) < 4.78 is 7.31. The standard InChI is InChI=1S/C15H22BrNO/c1-11-5-4-6-12(9-11)18-15(10-17)13-7-2-3-8-14(13)16/h2-3,7-8,11-12,15H,4-6,9-10,17H2,1H3. The molecule has 0 bridgehead atoms. The lowest BCUT2D eigenvalue weighted by Crippen LogP contribution is -2.27. The number of hydrogen-bond acceptors (Lipinski definition) is 2. The zero-order valence-corrected chi connectivity index (χ0v) is 12.5. The van der Waals surface area contributed by atoms with E-state index in [0.29, 0.717) is 12.6 Å². The van der Waals surface area contributed by atoms with Gasteiger partial charge in [0, 0.05) is 11.0 Å². The Labute approximate surface area is 118 Å². The van der Waals surface area contributed by atoms with E-state index in [1.54, 1.807) is 0 Å². The Balaban J connectivity index is 2.03. The van der Waals surface area contributed by atoms with Crippen molar-refractivity contribution < 1.29 is 4.74 Å². The Morgan fingerprint density at radius 1 is 1.39 bits per heavy atom. The highest BCUT2D eigenvalue weighted by atomic mass is 79.9. The molecule has 3 unspecified atom stereocenters. The molecule has 2 N–H and O–H groups in total.